The number of piperidine rings is 1. The molecule has 3 nitrogen and oxygen atoms in total. The molecule has 1 fully saturated rings. The zero-order valence-corrected chi connectivity index (χ0v) is 11.4. The molecule has 2 heterocycles. The molecule has 1 aromatic rings. The van der Waals surface area contributed by atoms with Gasteiger partial charge < -0.3 is 5.73 Å². The standard InChI is InChI=1S/C15H25N3/c1-2-4-13-6-9-18(10-7-13)12-14-5-3-8-17-15(14)11-16/h3,5,8,13H,2,4,6-7,9-12,16H2,1H3. The summed E-state index contributed by atoms with van der Waals surface area (Å²) in [4.78, 5) is 6.90. The second-order valence-electron chi connectivity index (χ2n) is 5.32. The van der Waals surface area contributed by atoms with E-state index in [1.165, 1.54) is 44.3 Å². The van der Waals surface area contributed by atoms with Gasteiger partial charge in [0.25, 0.3) is 0 Å². The molecule has 0 amide bonds. The van der Waals surface area contributed by atoms with Gasteiger partial charge >= 0.3 is 0 Å². The number of rotatable bonds is 5. The van der Waals surface area contributed by atoms with Crippen LogP contribution in [0.1, 0.15) is 43.9 Å². The van der Waals surface area contributed by atoms with E-state index in [4.69, 9.17) is 5.73 Å². The Morgan fingerprint density at radius 1 is 1.39 bits per heavy atom. The van der Waals surface area contributed by atoms with Crippen LogP contribution in [-0.2, 0) is 13.1 Å². The Hall–Kier alpha value is -0.930. The van der Waals surface area contributed by atoms with Gasteiger partial charge in [-0.1, -0.05) is 25.8 Å². The number of nitrogens with zero attached hydrogens (tertiary/aromatic N) is 2. The summed E-state index contributed by atoms with van der Waals surface area (Å²) in [6.07, 6.45) is 7.26. The molecule has 0 atom stereocenters. The largest absolute Gasteiger partial charge is 0.325 e. The summed E-state index contributed by atoms with van der Waals surface area (Å²) >= 11 is 0. The van der Waals surface area contributed by atoms with Crippen LogP contribution in [0.25, 0.3) is 0 Å². The van der Waals surface area contributed by atoms with Crippen LogP contribution in [0.3, 0.4) is 0 Å². The minimum absolute atomic E-state index is 0.544. The highest BCUT2D eigenvalue weighted by Crippen LogP contribution is 2.23. The molecule has 18 heavy (non-hydrogen) atoms. The predicted molar refractivity (Wildman–Crippen MR) is 75.0 cm³/mol. The normalized spacial score (nSPS) is 18.1. The van der Waals surface area contributed by atoms with Crippen LogP contribution in [0.15, 0.2) is 18.3 Å². The van der Waals surface area contributed by atoms with E-state index >= 15 is 0 Å². The number of nitrogens with two attached hydrogens (primary N) is 1. The average Bonchev–Trinajstić information content (AvgIpc) is 2.42. The SMILES string of the molecule is CCCC1CCN(Cc2cccnc2CN)CC1. The number of likely N-dealkylation sites (tertiary alicyclic amines) is 1. The van der Waals surface area contributed by atoms with Gasteiger partial charge in [-0.3, -0.25) is 9.88 Å². The molecular weight excluding hydrogens is 222 g/mol. The lowest BCUT2D eigenvalue weighted by Gasteiger charge is -2.32. The van der Waals surface area contributed by atoms with Crippen LogP contribution in [0.4, 0.5) is 0 Å². The summed E-state index contributed by atoms with van der Waals surface area (Å²) in [5.41, 5.74) is 8.09. The summed E-state index contributed by atoms with van der Waals surface area (Å²) in [7, 11) is 0. The van der Waals surface area contributed by atoms with Crippen molar-refractivity contribution in [1.82, 2.24) is 9.88 Å². The number of aromatic nitrogens is 1. The third kappa shape index (κ3) is 3.53. The molecule has 0 unspecified atom stereocenters. The van der Waals surface area contributed by atoms with Crippen LogP contribution in [0, 0.1) is 5.92 Å². The maximum Gasteiger partial charge on any atom is 0.0584 e. The van der Waals surface area contributed by atoms with Crippen molar-refractivity contribution in [3.8, 4) is 0 Å². The molecule has 3 heteroatoms. The minimum atomic E-state index is 0.544. The van der Waals surface area contributed by atoms with E-state index in [9.17, 15) is 0 Å². The highest BCUT2D eigenvalue weighted by molar-refractivity contribution is 5.19. The lowest BCUT2D eigenvalue weighted by molar-refractivity contribution is 0.171. The van der Waals surface area contributed by atoms with E-state index in [1.54, 1.807) is 0 Å². The molecule has 0 bridgehead atoms. The fraction of sp³-hybridized carbons (Fsp3) is 0.667. The number of hydrogen-bond acceptors (Lipinski definition) is 3. The fourth-order valence-corrected chi connectivity index (χ4v) is 2.88. The summed E-state index contributed by atoms with van der Waals surface area (Å²) in [6, 6.07) is 4.17. The van der Waals surface area contributed by atoms with E-state index in [0.29, 0.717) is 6.54 Å². The first kappa shape index (κ1) is 13.5. The van der Waals surface area contributed by atoms with Crippen LogP contribution in [-0.4, -0.2) is 23.0 Å². The second kappa shape index (κ2) is 6.86. The molecule has 0 spiro atoms. The van der Waals surface area contributed by atoms with E-state index in [0.717, 1.165) is 18.2 Å². The first-order valence-corrected chi connectivity index (χ1v) is 7.18. The third-order valence-corrected chi connectivity index (χ3v) is 3.98. The molecule has 2 rings (SSSR count). The van der Waals surface area contributed by atoms with Gasteiger partial charge in [0.1, 0.15) is 0 Å². The Bertz CT molecular complexity index is 357. The summed E-state index contributed by atoms with van der Waals surface area (Å²) in [6.45, 7) is 6.30. The quantitative estimate of drug-likeness (QED) is 0.869. The van der Waals surface area contributed by atoms with Crippen molar-refractivity contribution < 1.29 is 0 Å². The monoisotopic (exact) mass is 247 g/mol. The van der Waals surface area contributed by atoms with Crippen molar-refractivity contribution >= 4 is 0 Å². The summed E-state index contributed by atoms with van der Waals surface area (Å²) in [5, 5.41) is 0. The van der Waals surface area contributed by atoms with Crippen LogP contribution < -0.4 is 5.73 Å². The van der Waals surface area contributed by atoms with Gasteiger partial charge in [0.05, 0.1) is 5.69 Å². The Kier molecular flexibility index (Phi) is 5.14. The molecule has 1 aliphatic heterocycles. The van der Waals surface area contributed by atoms with Crippen LogP contribution in [0.5, 0.6) is 0 Å². The number of pyridine rings is 1. The highest BCUT2D eigenvalue weighted by Gasteiger charge is 2.19. The van der Waals surface area contributed by atoms with Gasteiger partial charge in [-0.25, -0.2) is 0 Å². The van der Waals surface area contributed by atoms with Gasteiger partial charge in [0, 0.05) is 19.3 Å². The Labute approximate surface area is 110 Å². The maximum atomic E-state index is 5.74. The van der Waals surface area contributed by atoms with E-state index in [-0.39, 0.29) is 0 Å². The first-order valence-electron chi connectivity index (χ1n) is 7.18. The van der Waals surface area contributed by atoms with Crippen molar-refractivity contribution in [2.45, 2.75) is 45.7 Å². The van der Waals surface area contributed by atoms with Crippen LogP contribution >= 0.6 is 0 Å². The highest BCUT2D eigenvalue weighted by atomic mass is 15.1. The molecular formula is C15H25N3. The lowest BCUT2D eigenvalue weighted by Crippen LogP contribution is -2.33. The molecule has 1 saturated heterocycles. The van der Waals surface area contributed by atoms with E-state index in [2.05, 4.69) is 22.9 Å². The third-order valence-electron chi connectivity index (χ3n) is 3.98. The van der Waals surface area contributed by atoms with Gasteiger partial charge in [0.2, 0.25) is 0 Å². The Morgan fingerprint density at radius 3 is 2.83 bits per heavy atom. The molecule has 0 radical (unpaired) electrons. The molecule has 2 N–H and O–H groups in total. The number of hydrogen-bond donors (Lipinski definition) is 1. The molecule has 0 saturated carbocycles. The smallest absolute Gasteiger partial charge is 0.0584 e. The minimum Gasteiger partial charge on any atom is -0.325 e. The summed E-state index contributed by atoms with van der Waals surface area (Å²) in [5.74, 6) is 0.953. The van der Waals surface area contributed by atoms with Gasteiger partial charge in [-0.2, -0.15) is 0 Å². The lowest BCUT2D eigenvalue weighted by atomic mass is 9.92. The fourth-order valence-electron chi connectivity index (χ4n) is 2.88. The van der Waals surface area contributed by atoms with Gasteiger partial charge in [-0.05, 0) is 43.5 Å². The maximum absolute atomic E-state index is 5.74. The summed E-state index contributed by atoms with van der Waals surface area (Å²) < 4.78 is 0. The Balaban J connectivity index is 1.87. The molecule has 1 aliphatic rings. The zero-order valence-electron chi connectivity index (χ0n) is 11.4. The van der Waals surface area contributed by atoms with Crippen LogP contribution in [0.2, 0.25) is 0 Å². The Morgan fingerprint density at radius 2 is 2.17 bits per heavy atom. The average molecular weight is 247 g/mol. The van der Waals surface area contributed by atoms with Crippen molar-refractivity contribution in [2.75, 3.05) is 13.1 Å². The van der Waals surface area contributed by atoms with Crippen molar-refractivity contribution in [2.24, 2.45) is 11.7 Å². The topological polar surface area (TPSA) is 42.2 Å². The first-order chi connectivity index (χ1) is 8.83. The second-order valence-corrected chi connectivity index (χ2v) is 5.32. The predicted octanol–water partition coefficient (Wildman–Crippen LogP) is 2.55. The van der Waals surface area contributed by atoms with Crippen molar-refractivity contribution in [3.05, 3.63) is 29.6 Å². The molecule has 1 aromatic heterocycles. The van der Waals surface area contributed by atoms with Crippen molar-refractivity contribution in [3.63, 3.8) is 0 Å². The van der Waals surface area contributed by atoms with Gasteiger partial charge in [-0.15, -0.1) is 0 Å². The zero-order chi connectivity index (χ0) is 12.8. The van der Waals surface area contributed by atoms with Crippen molar-refractivity contribution in [1.29, 1.82) is 0 Å². The molecule has 0 aliphatic carbocycles. The van der Waals surface area contributed by atoms with E-state index in [1.807, 2.05) is 12.3 Å². The van der Waals surface area contributed by atoms with Gasteiger partial charge in [0.15, 0.2) is 0 Å². The molecule has 100 valence electrons. The molecule has 0 aromatic carbocycles. The van der Waals surface area contributed by atoms with E-state index < -0.39 is 0 Å².